The van der Waals surface area contributed by atoms with Crippen molar-refractivity contribution in [1.29, 1.82) is 5.26 Å². The van der Waals surface area contributed by atoms with Crippen LogP contribution in [0.25, 0.3) is 0 Å². The number of esters is 1. The van der Waals surface area contributed by atoms with Crippen LogP contribution in [0, 0.1) is 32.1 Å². The lowest BCUT2D eigenvalue weighted by Gasteiger charge is -2.10. The number of benzene rings is 1. The van der Waals surface area contributed by atoms with Crippen molar-refractivity contribution in [1.82, 2.24) is 0 Å². The van der Waals surface area contributed by atoms with Crippen molar-refractivity contribution in [3.8, 4) is 11.8 Å². The summed E-state index contributed by atoms with van der Waals surface area (Å²) in [5, 5.41) is 13.2. The third-order valence-corrected chi connectivity index (χ3v) is 5.98. The predicted octanol–water partition coefficient (Wildman–Crippen LogP) is 5.17. The summed E-state index contributed by atoms with van der Waals surface area (Å²) in [6, 6.07) is 5.76. The summed E-state index contributed by atoms with van der Waals surface area (Å²) in [5.41, 5.74) is 2.68. The minimum atomic E-state index is -0.492. The number of nitriles is 1. The van der Waals surface area contributed by atoms with Gasteiger partial charge in [0.2, 0.25) is 5.91 Å². The summed E-state index contributed by atoms with van der Waals surface area (Å²) in [4.78, 5) is 24.6. The first-order chi connectivity index (χ1) is 13.8. The highest BCUT2D eigenvalue weighted by Gasteiger charge is 2.22. The van der Waals surface area contributed by atoms with Gasteiger partial charge in [-0.1, -0.05) is 11.6 Å². The van der Waals surface area contributed by atoms with Crippen molar-refractivity contribution in [2.45, 2.75) is 40.5 Å². The third-order valence-electron chi connectivity index (χ3n) is 4.20. The van der Waals surface area contributed by atoms with Crippen LogP contribution < -0.4 is 10.1 Å². The zero-order valence-corrected chi connectivity index (χ0v) is 18.4. The van der Waals surface area contributed by atoms with Crippen LogP contribution in [-0.4, -0.2) is 25.1 Å². The number of thiophene rings is 1. The Morgan fingerprint density at radius 1 is 1.24 bits per heavy atom. The van der Waals surface area contributed by atoms with Gasteiger partial charge in [0.05, 0.1) is 18.8 Å². The fourth-order valence-corrected chi connectivity index (χ4v) is 3.91. The minimum absolute atomic E-state index is 0.224. The van der Waals surface area contributed by atoms with Crippen LogP contribution in [0.1, 0.15) is 51.7 Å². The molecule has 0 fully saturated rings. The Morgan fingerprint density at radius 3 is 2.48 bits per heavy atom. The van der Waals surface area contributed by atoms with Gasteiger partial charge in [-0.15, -0.1) is 11.3 Å². The molecule has 0 radical (unpaired) electrons. The van der Waals surface area contributed by atoms with Gasteiger partial charge < -0.3 is 14.8 Å². The Morgan fingerprint density at radius 2 is 1.90 bits per heavy atom. The first-order valence-electron chi connectivity index (χ1n) is 9.18. The highest BCUT2D eigenvalue weighted by Crippen LogP contribution is 2.33. The molecule has 6 nitrogen and oxygen atoms in total. The number of rotatable bonds is 8. The van der Waals surface area contributed by atoms with Crippen molar-refractivity contribution in [2.75, 3.05) is 18.5 Å². The second-order valence-corrected chi connectivity index (χ2v) is 7.86. The number of nitrogens with one attached hydrogen (secondary N) is 1. The highest BCUT2D eigenvalue weighted by molar-refractivity contribution is 7.18. The van der Waals surface area contributed by atoms with Crippen molar-refractivity contribution < 1.29 is 19.1 Å². The molecule has 0 spiro atoms. The van der Waals surface area contributed by atoms with E-state index in [1.807, 2.05) is 32.0 Å². The van der Waals surface area contributed by atoms with E-state index in [1.54, 1.807) is 13.8 Å². The topological polar surface area (TPSA) is 88.4 Å². The van der Waals surface area contributed by atoms with Crippen LogP contribution in [0.4, 0.5) is 5.00 Å². The molecule has 0 unspecified atom stereocenters. The predicted molar refractivity (Wildman–Crippen MR) is 114 cm³/mol. The summed E-state index contributed by atoms with van der Waals surface area (Å²) in [5.74, 6) is -0.0243. The molecule has 2 aromatic rings. The monoisotopic (exact) mass is 434 g/mol. The maximum Gasteiger partial charge on any atom is 0.348 e. The SMILES string of the molecule is CCOC(=O)c1sc(NC(=O)CCCOc2cc(C)c(Cl)c(C)c2)c(C#N)c1C. The molecule has 154 valence electrons. The van der Waals surface area contributed by atoms with Crippen LogP contribution >= 0.6 is 22.9 Å². The first-order valence-corrected chi connectivity index (χ1v) is 10.4. The molecule has 1 N–H and O–H groups in total. The fourth-order valence-electron chi connectivity index (χ4n) is 2.73. The van der Waals surface area contributed by atoms with Gasteiger partial charge in [0, 0.05) is 11.4 Å². The number of nitrogens with zero attached hydrogens (tertiary/aromatic N) is 1. The number of hydrogen-bond acceptors (Lipinski definition) is 6. The van der Waals surface area contributed by atoms with Crippen molar-refractivity contribution in [2.24, 2.45) is 0 Å². The number of aryl methyl sites for hydroxylation is 2. The van der Waals surface area contributed by atoms with Gasteiger partial charge in [-0.3, -0.25) is 4.79 Å². The second kappa shape index (κ2) is 10.3. The zero-order chi connectivity index (χ0) is 21.6. The Kier molecular flexibility index (Phi) is 8.06. The molecule has 2 rings (SSSR count). The number of carbonyl (C=O) groups excluding carboxylic acids is 2. The number of halogens is 1. The van der Waals surface area contributed by atoms with Gasteiger partial charge in [0.15, 0.2) is 0 Å². The Bertz CT molecular complexity index is 939. The van der Waals surface area contributed by atoms with Crippen molar-refractivity contribution in [3.63, 3.8) is 0 Å². The molecule has 1 aromatic heterocycles. The van der Waals surface area contributed by atoms with E-state index in [1.165, 1.54) is 0 Å². The third kappa shape index (κ3) is 5.72. The van der Waals surface area contributed by atoms with E-state index < -0.39 is 5.97 Å². The van der Waals surface area contributed by atoms with Gasteiger partial charge in [-0.2, -0.15) is 5.26 Å². The Labute approximate surface area is 179 Å². The van der Waals surface area contributed by atoms with E-state index in [9.17, 15) is 14.9 Å². The van der Waals surface area contributed by atoms with Gasteiger partial charge in [-0.05, 0) is 62.9 Å². The average molecular weight is 435 g/mol. The van der Waals surface area contributed by atoms with E-state index >= 15 is 0 Å². The smallest absolute Gasteiger partial charge is 0.348 e. The van der Waals surface area contributed by atoms with E-state index in [0.29, 0.717) is 34.2 Å². The highest BCUT2D eigenvalue weighted by atomic mass is 35.5. The summed E-state index contributed by atoms with van der Waals surface area (Å²) < 4.78 is 10.7. The lowest BCUT2D eigenvalue weighted by molar-refractivity contribution is -0.116. The lowest BCUT2D eigenvalue weighted by atomic mass is 10.1. The number of hydrogen-bond donors (Lipinski definition) is 1. The number of carbonyl (C=O) groups is 2. The molecule has 8 heteroatoms. The quantitative estimate of drug-likeness (QED) is 0.457. The normalized spacial score (nSPS) is 10.3. The lowest BCUT2D eigenvalue weighted by Crippen LogP contribution is -2.12. The average Bonchev–Trinajstić information content (AvgIpc) is 2.98. The molecule has 0 aliphatic carbocycles. The van der Waals surface area contributed by atoms with Crippen LogP contribution in [0.3, 0.4) is 0 Å². The van der Waals surface area contributed by atoms with Crippen LogP contribution in [0.15, 0.2) is 12.1 Å². The van der Waals surface area contributed by atoms with Gasteiger partial charge in [0.25, 0.3) is 0 Å². The van der Waals surface area contributed by atoms with Gasteiger partial charge in [0.1, 0.15) is 21.7 Å². The maximum absolute atomic E-state index is 12.3. The van der Waals surface area contributed by atoms with Crippen LogP contribution in [0.2, 0.25) is 5.02 Å². The molecule has 0 aliphatic heterocycles. The number of ether oxygens (including phenoxy) is 2. The largest absolute Gasteiger partial charge is 0.494 e. The molecule has 0 aliphatic rings. The van der Waals surface area contributed by atoms with Crippen LogP contribution in [-0.2, 0) is 9.53 Å². The van der Waals surface area contributed by atoms with Gasteiger partial charge >= 0.3 is 5.97 Å². The van der Waals surface area contributed by atoms with E-state index in [4.69, 9.17) is 21.1 Å². The van der Waals surface area contributed by atoms with Crippen molar-refractivity contribution in [3.05, 3.63) is 44.3 Å². The number of anilines is 1. The Balaban J connectivity index is 1.92. The summed E-state index contributed by atoms with van der Waals surface area (Å²) in [6.07, 6.45) is 0.728. The number of amides is 1. The molecule has 0 atom stereocenters. The molecule has 1 aromatic carbocycles. The van der Waals surface area contributed by atoms with E-state index in [2.05, 4.69) is 5.32 Å². The van der Waals surface area contributed by atoms with Crippen molar-refractivity contribution >= 4 is 39.8 Å². The van der Waals surface area contributed by atoms with E-state index in [0.717, 1.165) is 27.5 Å². The van der Waals surface area contributed by atoms with Crippen LogP contribution in [0.5, 0.6) is 5.75 Å². The van der Waals surface area contributed by atoms with Gasteiger partial charge in [-0.25, -0.2) is 4.79 Å². The standard InChI is InChI=1S/C21H23ClN2O4S/c1-5-27-21(26)19-14(4)16(11-23)20(29-19)24-17(25)7-6-8-28-15-9-12(2)18(22)13(3)10-15/h9-10H,5-8H2,1-4H3,(H,24,25). The zero-order valence-electron chi connectivity index (χ0n) is 16.8. The molecule has 1 heterocycles. The first kappa shape index (κ1) is 22.7. The second-order valence-electron chi connectivity index (χ2n) is 6.46. The van der Waals surface area contributed by atoms with E-state index in [-0.39, 0.29) is 24.5 Å². The fraction of sp³-hybridized carbons (Fsp3) is 0.381. The maximum atomic E-state index is 12.3. The molecule has 29 heavy (non-hydrogen) atoms. The summed E-state index contributed by atoms with van der Waals surface area (Å²) in [7, 11) is 0. The summed E-state index contributed by atoms with van der Waals surface area (Å²) in [6.45, 7) is 7.82. The molecule has 0 bridgehead atoms. The molecule has 0 saturated carbocycles. The molecule has 1 amide bonds. The summed E-state index contributed by atoms with van der Waals surface area (Å²) >= 11 is 7.20. The molecular formula is C21H23ClN2O4S. The Hall–Kier alpha value is -2.56. The molecule has 0 saturated heterocycles. The molecular weight excluding hydrogens is 412 g/mol. The minimum Gasteiger partial charge on any atom is -0.494 e.